The summed E-state index contributed by atoms with van der Waals surface area (Å²) in [7, 11) is 1.62. The molecule has 2 aliphatic rings. The van der Waals surface area contributed by atoms with E-state index in [0.29, 0.717) is 18.7 Å². The number of benzene rings is 2. The highest BCUT2D eigenvalue weighted by Crippen LogP contribution is 2.37. The first kappa shape index (κ1) is 21.5. The minimum atomic E-state index is -0.0910. The van der Waals surface area contributed by atoms with Crippen LogP contribution in [-0.4, -0.2) is 53.0 Å². The SMILES string of the molecule is COc1ccccc1N1C[C@@H](c2nc3ccccc3n2CC(=O)N2CCCCCC2)CC1=O. The summed E-state index contributed by atoms with van der Waals surface area (Å²) in [4.78, 5) is 34.9. The number of methoxy groups -OCH3 is 1. The van der Waals surface area contributed by atoms with E-state index >= 15 is 0 Å². The molecule has 2 amide bonds. The lowest BCUT2D eigenvalue weighted by Gasteiger charge is -2.22. The minimum absolute atomic E-state index is 0.0435. The lowest BCUT2D eigenvalue weighted by atomic mass is 10.1. The van der Waals surface area contributed by atoms with E-state index in [1.165, 1.54) is 12.8 Å². The second-order valence-electron chi connectivity index (χ2n) is 8.92. The molecule has 5 rings (SSSR count). The zero-order valence-corrected chi connectivity index (χ0v) is 19.1. The number of carbonyl (C=O) groups excluding carboxylic acids is 2. The first-order valence-corrected chi connectivity index (χ1v) is 11.8. The van der Waals surface area contributed by atoms with Crippen LogP contribution >= 0.6 is 0 Å². The molecule has 7 heteroatoms. The largest absolute Gasteiger partial charge is 0.495 e. The Morgan fingerprint density at radius 3 is 2.55 bits per heavy atom. The van der Waals surface area contributed by atoms with Crippen molar-refractivity contribution in [2.45, 2.75) is 44.6 Å². The van der Waals surface area contributed by atoms with Gasteiger partial charge in [-0.25, -0.2) is 4.98 Å². The number of rotatable bonds is 5. The van der Waals surface area contributed by atoms with Gasteiger partial charge in [-0.1, -0.05) is 37.1 Å². The summed E-state index contributed by atoms with van der Waals surface area (Å²) < 4.78 is 7.52. The molecular formula is C26H30N4O3. The van der Waals surface area contributed by atoms with Crippen LogP contribution in [0.4, 0.5) is 5.69 Å². The van der Waals surface area contributed by atoms with Gasteiger partial charge < -0.3 is 19.1 Å². The summed E-state index contributed by atoms with van der Waals surface area (Å²) in [6.07, 6.45) is 4.86. The maximum Gasteiger partial charge on any atom is 0.242 e. The number of nitrogens with zero attached hydrogens (tertiary/aromatic N) is 4. The Morgan fingerprint density at radius 1 is 1.03 bits per heavy atom. The minimum Gasteiger partial charge on any atom is -0.495 e. The van der Waals surface area contributed by atoms with Gasteiger partial charge in [-0.2, -0.15) is 0 Å². The van der Waals surface area contributed by atoms with Gasteiger partial charge in [0.15, 0.2) is 0 Å². The molecule has 2 aliphatic heterocycles. The molecule has 0 spiro atoms. The molecule has 2 aromatic carbocycles. The van der Waals surface area contributed by atoms with Crippen LogP contribution in [0.15, 0.2) is 48.5 Å². The standard InChI is InChI=1S/C26H30N4O3/c1-33-23-13-7-6-12-22(23)29-17-19(16-24(29)31)26-27-20-10-4-5-11-21(20)30(26)18-25(32)28-14-8-2-3-9-15-28/h4-7,10-13,19H,2-3,8-9,14-18H2,1H3/t19-/m0/s1. The highest BCUT2D eigenvalue weighted by atomic mass is 16.5. The molecule has 7 nitrogen and oxygen atoms in total. The molecule has 1 aromatic heterocycles. The lowest BCUT2D eigenvalue weighted by Crippen LogP contribution is -2.35. The molecule has 0 radical (unpaired) electrons. The van der Waals surface area contributed by atoms with Crippen molar-refractivity contribution >= 4 is 28.5 Å². The van der Waals surface area contributed by atoms with Gasteiger partial charge in [0.1, 0.15) is 18.1 Å². The first-order valence-electron chi connectivity index (χ1n) is 11.8. The van der Waals surface area contributed by atoms with Crippen molar-refractivity contribution in [3.63, 3.8) is 0 Å². The Kier molecular flexibility index (Phi) is 6.03. The van der Waals surface area contributed by atoms with Gasteiger partial charge in [-0.05, 0) is 37.1 Å². The van der Waals surface area contributed by atoms with Crippen molar-refractivity contribution < 1.29 is 14.3 Å². The predicted octanol–water partition coefficient (Wildman–Crippen LogP) is 3.97. The van der Waals surface area contributed by atoms with Crippen LogP contribution in [0.1, 0.15) is 43.8 Å². The predicted molar refractivity (Wildman–Crippen MR) is 127 cm³/mol. The Hall–Kier alpha value is -3.35. The summed E-state index contributed by atoms with van der Waals surface area (Å²) in [5, 5.41) is 0. The fourth-order valence-corrected chi connectivity index (χ4v) is 5.09. The van der Waals surface area contributed by atoms with Crippen molar-refractivity contribution in [1.29, 1.82) is 0 Å². The number of hydrogen-bond acceptors (Lipinski definition) is 4. The average Bonchev–Trinajstić information content (AvgIpc) is 3.26. The van der Waals surface area contributed by atoms with Gasteiger partial charge in [0.05, 0.1) is 23.8 Å². The normalized spacial score (nSPS) is 19.2. The number of hydrogen-bond donors (Lipinski definition) is 0. The van der Waals surface area contributed by atoms with Crippen molar-refractivity contribution in [1.82, 2.24) is 14.5 Å². The molecule has 0 unspecified atom stereocenters. The lowest BCUT2D eigenvalue weighted by molar-refractivity contribution is -0.131. The van der Waals surface area contributed by atoms with E-state index in [-0.39, 0.29) is 24.3 Å². The molecule has 0 bridgehead atoms. The van der Waals surface area contributed by atoms with Gasteiger partial charge in [-0.15, -0.1) is 0 Å². The van der Waals surface area contributed by atoms with E-state index in [2.05, 4.69) is 0 Å². The zero-order valence-electron chi connectivity index (χ0n) is 19.1. The summed E-state index contributed by atoms with van der Waals surface area (Å²) in [5.74, 6) is 1.57. The van der Waals surface area contributed by atoms with Crippen LogP contribution in [0.2, 0.25) is 0 Å². The molecule has 0 N–H and O–H groups in total. The van der Waals surface area contributed by atoms with Crippen LogP contribution < -0.4 is 9.64 Å². The molecule has 0 aliphatic carbocycles. The van der Waals surface area contributed by atoms with Gasteiger partial charge in [0, 0.05) is 32.0 Å². The summed E-state index contributed by atoms with van der Waals surface area (Å²) in [6, 6.07) is 15.5. The fourth-order valence-electron chi connectivity index (χ4n) is 5.09. The number of imidazole rings is 1. The highest BCUT2D eigenvalue weighted by Gasteiger charge is 2.36. The topological polar surface area (TPSA) is 67.7 Å². The van der Waals surface area contributed by atoms with E-state index < -0.39 is 0 Å². The van der Waals surface area contributed by atoms with Crippen LogP contribution in [0.25, 0.3) is 11.0 Å². The second kappa shape index (κ2) is 9.25. The second-order valence-corrected chi connectivity index (χ2v) is 8.92. The van der Waals surface area contributed by atoms with E-state index in [0.717, 1.165) is 48.5 Å². The third-order valence-electron chi connectivity index (χ3n) is 6.80. The molecule has 33 heavy (non-hydrogen) atoms. The Morgan fingerprint density at radius 2 is 1.76 bits per heavy atom. The monoisotopic (exact) mass is 446 g/mol. The number of ether oxygens (including phenoxy) is 1. The van der Waals surface area contributed by atoms with E-state index in [9.17, 15) is 9.59 Å². The Balaban J connectivity index is 1.46. The van der Waals surface area contributed by atoms with Crippen LogP contribution in [0.3, 0.4) is 0 Å². The molecule has 2 saturated heterocycles. The molecule has 3 heterocycles. The fraction of sp³-hybridized carbons (Fsp3) is 0.423. The zero-order chi connectivity index (χ0) is 22.8. The highest BCUT2D eigenvalue weighted by molar-refractivity contribution is 5.98. The summed E-state index contributed by atoms with van der Waals surface area (Å²) >= 11 is 0. The third-order valence-corrected chi connectivity index (χ3v) is 6.80. The van der Waals surface area contributed by atoms with Crippen molar-refractivity contribution in [3.05, 3.63) is 54.4 Å². The number of para-hydroxylation sites is 4. The van der Waals surface area contributed by atoms with E-state index in [4.69, 9.17) is 9.72 Å². The van der Waals surface area contributed by atoms with Gasteiger partial charge in [0.25, 0.3) is 0 Å². The number of carbonyl (C=O) groups is 2. The van der Waals surface area contributed by atoms with Crippen LogP contribution in [0, 0.1) is 0 Å². The number of likely N-dealkylation sites (tertiary alicyclic amines) is 1. The van der Waals surface area contributed by atoms with Crippen molar-refractivity contribution in [2.75, 3.05) is 31.6 Å². The third kappa shape index (κ3) is 4.19. The maximum atomic E-state index is 13.2. The summed E-state index contributed by atoms with van der Waals surface area (Å²) in [6.45, 7) is 2.42. The number of fused-ring (bicyclic) bond motifs is 1. The molecule has 1 atom stereocenters. The quantitative estimate of drug-likeness (QED) is 0.595. The van der Waals surface area contributed by atoms with E-state index in [1.807, 2.05) is 58.0 Å². The van der Waals surface area contributed by atoms with Crippen LogP contribution in [0.5, 0.6) is 5.75 Å². The molecule has 3 aromatic rings. The number of aromatic nitrogens is 2. The first-order chi connectivity index (χ1) is 16.2. The molecule has 172 valence electrons. The number of anilines is 1. The summed E-state index contributed by atoms with van der Waals surface area (Å²) in [5.41, 5.74) is 2.58. The van der Waals surface area contributed by atoms with Gasteiger partial charge >= 0.3 is 0 Å². The smallest absolute Gasteiger partial charge is 0.242 e. The number of amides is 2. The van der Waals surface area contributed by atoms with Crippen molar-refractivity contribution in [2.24, 2.45) is 0 Å². The molecule has 0 saturated carbocycles. The maximum absolute atomic E-state index is 13.2. The van der Waals surface area contributed by atoms with Gasteiger partial charge in [0.2, 0.25) is 11.8 Å². The van der Waals surface area contributed by atoms with Crippen LogP contribution in [-0.2, 0) is 16.1 Å². The molecular weight excluding hydrogens is 416 g/mol. The molecule has 2 fully saturated rings. The average molecular weight is 447 g/mol. The van der Waals surface area contributed by atoms with Gasteiger partial charge in [-0.3, -0.25) is 9.59 Å². The Labute approximate surface area is 193 Å². The Bertz CT molecular complexity index is 1160. The van der Waals surface area contributed by atoms with E-state index in [1.54, 1.807) is 12.0 Å². The van der Waals surface area contributed by atoms with Crippen molar-refractivity contribution in [3.8, 4) is 5.75 Å².